The zero-order valence-corrected chi connectivity index (χ0v) is 15.9. The Bertz CT molecular complexity index is 607. The van der Waals surface area contributed by atoms with Crippen LogP contribution in [0.2, 0.25) is 0 Å². The van der Waals surface area contributed by atoms with Gasteiger partial charge >= 0.3 is 0 Å². The molecule has 0 saturated carbocycles. The van der Waals surface area contributed by atoms with Crippen LogP contribution in [0, 0.1) is 5.41 Å². The highest BCUT2D eigenvalue weighted by molar-refractivity contribution is 5.88. The molecule has 1 atom stereocenters. The number of aryl methyl sites for hydroxylation is 1. The summed E-state index contributed by atoms with van der Waals surface area (Å²) in [7, 11) is 1.74. The molecule has 0 aliphatic carbocycles. The number of aromatic nitrogens is 3. The van der Waals surface area contributed by atoms with Gasteiger partial charge in [-0.3, -0.25) is 14.5 Å². The Labute approximate surface area is 149 Å². The summed E-state index contributed by atoms with van der Waals surface area (Å²) in [5.74, 6) is 0.624. The summed E-state index contributed by atoms with van der Waals surface area (Å²) in [5, 5.41) is 10.8. The molecule has 2 amide bonds. The smallest absolute Gasteiger partial charge is 0.237 e. The minimum atomic E-state index is -0.410. The van der Waals surface area contributed by atoms with Crippen LogP contribution in [-0.2, 0) is 22.7 Å². The second-order valence-corrected chi connectivity index (χ2v) is 7.83. The van der Waals surface area contributed by atoms with Gasteiger partial charge in [-0.05, 0) is 12.3 Å². The van der Waals surface area contributed by atoms with Gasteiger partial charge in [-0.25, -0.2) is 0 Å². The predicted octanol–water partition coefficient (Wildman–Crippen LogP) is 0.493. The van der Waals surface area contributed by atoms with Crippen LogP contribution in [0.1, 0.15) is 39.9 Å². The Balaban J connectivity index is 2.01. The summed E-state index contributed by atoms with van der Waals surface area (Å²) in [6.07, 6.45) is 1.84. The lowest BCUT2D eigenvalue weighted by Gasteiger charge is -2.38. The first kappa shape index (κ1) is 19.4. The molecule has 0 bridgehead atoms. The van der Waals surface area contributed by atoms with Crippen molar-refractivity contribution in [3.05, 3.63) is 12.2 Å². The number of rotatable bonds is 6. The van der Waals surface area contributed by atoms with Crippen LogP contribution >= 0.6 is 0 Å². The molecule has 1 fully saturated rings. The molecule has 1 N–H and O–H groups in total. The molecule has 1 aromatic rings. The molecule has 8 nitrogen and oxygen atoms in total. The molecule has 1 aromatic heterocycles. The number of piperazine rings is 1. The molecule has 0 aromatic carbocycles. The van der Waals surface area contributed by atoms with Gasteiger partial charge in [-0.2, -0.15) is 0 Å². The van der Waals surface area contributed by atoms with Crippen LogP contribution in [0.3, 0.4) is 0 Å². The normalized spacial score (nSPS) is 18.9. The van der Waals surface area contributed by atoms with Crippen LogP contribution < -0.4 is 5.32 Å². The van der Waals surface area contributed by atoms with Crippen LogP contribution in [0.5, 0.6) is 0 Å². The van der Waals surface area contributed by atoms with Crippen molar-refractivity contribution in [2.24, 2.45) is 5.41 Å². The molecule has 1 aliphatic rings. The Morgan fingerprint density at radius 3 is 2.80 bits per heavy atom. The first-order valence-electron chi connectivity index (χ1n) is 8.83. The Morgan fingerprint density at radius 1 is 1.44 bits per heavy atom. The highest BCUT2D eigenvalue weighted by atomic mass is 16.2. The fraction of sp³-hybridized carbons (Fsp3) is 0.765. The largest absolute Gasteiger partial charge is 0.353 e. The van der Waals surface area contributed by atoms with E-state index >= 15 is 0 Å². The van der Waals surface area contributed by atoms with E-state index in [-0.39, 0.29) is 23.7 Å². The van der Waals surface area contributed by atoms with Crippen LogP contribution in [0.4, 0.5) is 0 Å². The minimum absolute atomic E-state index is 0.0611. The first-order chi connectivity index (χ1) is 11.7. The maximum Gasteiger partial charge on any atom is 0.237 e. The van der Waals surface area contributed by atoms with Crippen molar-refractivity contribution in [3.8, 4) is 0 Å². The highest BCUT2D eigenvalue weighted by Crippen LogP contribution is 2.20. The minimum Gasteiger partial charge on any atom is -0.353 e. The molecule has 0 spiro atoms. The standard InChI is InChI=1S/C17H30N6O2/c1-6-22-12-19-20-14(22)10-21(5)15(24)9-13-16(25)18-7-8-23(13)11-17(2,3)4/h12-13H,6-11H2,1-5H3,(H,18,25)/t13-/m1/s1. The average Bonchev–Trinajstić information content (AvgIpc) is 2.96. The summed E-state index contributed by atoms with van der Waals surface area (Å²) < 4.78 is 1.91. The third-order valence-corrected chi connectivity index (χ3v) is 4.33. The van der Waals surface area contributed by atoms with Crippen molar-refractivity contribution >= 4 is 11.8 Å². The number of hydrogen-bond donors (Lipinski definition) is 1. The third kappa shape index (κ3) is 5.26. The van der Waals surface area contributed by atoms with Crippen LogP contribution in [-0.4, -0.2) is 69.1 Å². The molecule has 2 rings (SSSR count). The quantitative estimate of drug-likeness (QED) is 0.807. The average molecular weight is 350 g/mol. The van der Waals surface area contributed by atoms with E-state index in [0.29, 0.717) is 13.1 Å². The van der Waals surface area contributed by atoms with E-state index in [1.54, 1.807) is 18.3 Å². The van der Waals surface area contributed by atoms with Gasteiger partial charge in [-0.1, -0.05) is 20.8 Å². The number of carbonyl (C=O) groups is 2. The second-order valence-electron chi connectivity index (χ2n) is 7.83. The summed E-state index contributed by atoms with van der Waals surface area (Å²) in [5.41, 5.74) is 0.0718. The molecular formula is C17H30N6O2. The maximum absolute atomic E-state index is 12.7. The monoisotopic (exact) mass is 350 g/mol. The molecule has 1 saturated heterocycles. The highest BCUT2D eigenvalue weighted by Gasteiger charge is 2.34. The Kier molecular flexibility index (Phi) is 6.16. The number of carbonyl (C=O) groups excluding carboxylic acids is 2. The van der Waals surface area contributed by atoms with Crippen molar-refractivity contribution in [1.29, 1.82) is 0 Å². The fourth-order valence-electron chi connectivity index (χ4n) is 3.07. The lowest BCUT2D eigenvalue weighted by Crippen LogP contribution is -2.58. The van der Waals surface area contributed by atoms with E-state index < -0.39 is 6.04 Å². The summed E-state index contributed by atoms with van der Waals surface area (Å²) >= 11 is 0. The van der Waals surface area contributed by atoms with Crippen LogP contribution in [0.15, 0.2) is 6.33 Å². The lowest BCUT2D eigenvalue weighted by molar-refractivity contribution is -0.139. The second kappa shape index (κ2) is 7.95. The molecule has 1 aliphatic heterocycles. The van der Waals surface area contributed by atoms with Gasteiger partial charge in [0.2, 0.25) is 11.8 Å². The van der Waals surface area contributed by atoms with Gasteiger partial charge in [0.15, 0.2) is 5.82 Å². The summed E-state index contributed by atoms with van der Waals surface area (Å²) in [6, 6.07) is -0.410. The van der Waals surface area contributed by atoms with E-state index in [0.717, 1.165) is 25.5 Å². The summed E-state index contributed by atoms with van der Waals surface area (Å²) in [6.45, 7) is 11.8. The van der Waals surface area contributed by atoms with Crippen molar-refractivity contribution in [2.75, 3.05) is 26.7 Å². The van der Waals surface area contributed by atoms with E-state index in [1.165, 1.54) is 0 Å². The van der Waals surface area contributed by atoms with E-state index in [4.69, 9.17) is 0 Å². The molecule has 2 heterocycles. The van der Waals surface area contributed by atoms with Crippen molar-refractivity contribution in [2.45, 2.75) is 53.2 Å². The van der Waals surface area contributed by atoms with Gasteiger partial charge in [0.05, 0.1) is 19.0 Å². The summed E-state index contributed by atoms with van der Waals surface area (Å²) in [4.78, 5) is 28.7. The molecule has 140 valence electrons. The Morgan fingerprint density at radius 2 is 2.16 bits per heavy atom. The fourth-order valence-corrected chi connectivity index (χ4v) is 3.07. The molecule has 0 radical (unpaired) electrons. The van der Waals surface area contributed by atoms with Gasteiger partial charge in [-0.15, -0.1) is 10.2 Å². The van der Waals surface area contributed by atoms with Gasteiger partial charge in [0.25, 0.3) is 0 Å². The van der Waals surface area contributed by atoms with Crippen molar-refractivity contribution < 1.29 is 9.59 Å². The van der Waals surface area contributed by atoms with Crippen molar-refractivity contribution in [1.82, 2.24) is 29.9 Å². The van der Waals surface area contributed by atoms with Gasteiger partial charge in [0, 0.05) is 33.2 Å². The topological polar surface area (TPSA) is 83.4 Å². The van der Waals surface area contributed by atoms with Crippen LogP contribution in [0.25, 0.3) is 0 Å². The molecule has 0 unspecified atom stereocenters. The van der Waals surface area contributed by atoms with Gasteiger partial charge in [0.1, 0.15) is 6.33 Å². The van der Waals surface area contributed by atoms with E-state index in [1.807, 2.05) is 11.5 Å². The number of nitrogens with one attached hydrogen (secondary N) is 1. The van der Waals surface area contributed by atoms with E-state index in [9.17, 15) is 9.59 Å². The molecular weight excluding hydrogens is 320 g/mol. The Hall–Kier alpha value is -1.96. The number of hydrogen-bond acceptors (Lipinski definition) is 5. The zero-order chi connectivity index (χ0) is 18.6. The lowest BCUT2D eigenvalue weighted by atomic mass is 9.94. The predicted molar refractivity (Wildman–Crippen MR) is 94.6 cm³/mol. The first-order valence-corrected chi connectivity index (χ1v) is 8.83. The molecule has 25 heavy (non-hydrogen) atoms. The number of amides is 2. The maximum atomic E-state index is 12.7. The van der Waals surface area contributed by atoms with Crippen molar-refractivity contribution in [3.63, 3.8) is 0 Å². The van der Waals surface area contributed by atoms with E-state index in [2.05, 4.69) is 41.2 Å². The number of nitrogens with zero attached hydrogens (tertiary/aromatic N) is 5. The SMILES string of the molecule is CCn1cnnc1CN(C)C(=O)C[C@@H]1C(=O)NCCN1CC(C)(C)C. The van der Waals surface area contributed by atoms with Gasteiger partial charge < -0.3 is 14.8 Å². The molecule has 8 heteroatoms. The zero-order valence-electron chi connectivity index (χ0n) is 15.9. The third-order valence-electron chi connectivity index (χ3n) is 4.33.